The Balaban J connectivity index is 1.92. The molecule has 0 saturated carbocycles. The van der Waals surface area contributed by atoms with Crippen LogP contribution in [0, 0.1) is 0 Å². The maximum Gasteiger partial charge on any atom is 0.302 e. The van der Waals surface area contributed by atoms with Crippen LogP contribution in [0.3, 0.4) is 0 Å². The van der Waals surface area contributed by atoms with E-state index in [0.717, 1.165) is 30.6 Å². The molecule has 0 aliphatic carbocycles. The minimum Gasteiger partial charge on any atom is -0.497 e. The first kappa shape index (κ1) is 38.0. The molecular weight excluding hydrogens is 520 g/mol. The van der Waals surface area contributed by atoms with Gasteiger partial charge in [-0.2, -0.15) is 0 Å². The van der Waals surface area contributed by atoms with Crippen molar-refractivity contribution in [3.63, 3.8) is 0 Å². The Hall–Kier alpha value is -2.07. The molecule has 0 aliphatic rings. The van der Waals surface area contributed by atoms with E-state index >= 15 is 0 Å². The zero-order valence-electron chi connectivity index (χ0n) is 27.6. The van der Waals surface area contributed by atoms with E-state index in [0.29, 0.717) is 13.2 Å². The minimum atomic E-state index is -0.201. The van der Waals surface area contributed by atoms with Gasteiger partial charge in [0.15, 0.2) is 0 Å². The van der Waals surface area contributed by atoms with Crippen molar-refractivity contribution < 1.29 is 19.0 Å². The fourth-order valence-electron chi connectivity index (χ4n) is 5.18. The normalized spacial score (nSPS) is 12.4. The van der Waals surface area contributed by atoms with Gasteiger partial charge in [-0.1, -0.05) is 108 Å². The fourth-order valence-corrected chi connectivity index (χ4v) is 5.18. The van der Waals surface area contributed by atoms with Gasteiger partial charge in [-0.15, -0.1) is 0 Å². The first-order valence-corrected chi connectivity index (χ1v) is 17.3. The first-order valence-electron chi connectivity index (χ1n) is 17.3. The molecule has 0 aliphatic heterocycles. The summed E-state index contributed by atoms with van der Waals surface area (Å²) in [6.45, 7) is 4.93. The molecule has 4 heteroatoms. The van der Waals surface area contributed by atoms with Crippen LogP contribution in [0.2, 0.25) is 0 Å². The molecular formula is C38H64O4. The molecule has 0 spiro atoms. The molecule has 240 valence electrons. The molecule has 0 unspecified atom stereocenters. The van der Waals surface area contributed by atoms with Crippen LogP contribution >= 0.6 is 0 Å². The highest BCUT2D eigenvalue weighted by atomic mass is 16.5. The van der Waals surface area contributed by atoms with Crippen molar-refractivity contribution >= 4 is 5.97 Å². The summed E-state index contributed by atoms with van der Waals surface area (Å²) < 4.78 is 16.5. The third kappa shape index (κ3) is 24.5. The van der Waals surface area contributed by atoms with Crippen molar-refractivity contribution in [2.24, 2.45) is 0 Å². The smallest absolute Gasteiger partial charge is 0.302 e. The monoisotopic (exact) mass is 584 g/mol. The number of esters is 1. The number of rotatable bonds is 29. The number of methoxy groups -OCH3 is 1. The van der Waals surface area contributed by atoms with E-state index in [1.165, 1.54) is 122 Å². The molecule has 4 nitrogen and oxygen atoms in total. The van der Waals surface area contributed by atoms with Gasteiger partial charge in [0.2, 0.25) is 0 Å². The van der Waals surface area contributed by atoms with Crippen LogP contribution in [-0.4, -0.2) is 25.8 Å². The van der Waals surface area contributed by atoms with Gasteiger partial charge in [-0.25, -0.2) is 0 Å². The average Bonchev–Trinajstić information content (AvgIpc) is 2.99. The van der Waals surface area contributed by atoms with Crippen LogP contribution in [0.25, 0.3) is 0 Å². The number of unbranched alkanes of at least 4 members (excludes halogenated alkanes) is 16. The quantitative estimate of drug-likeness (QED) is 0.0534. The van der Waals surface area contributed by atoms with E-state index in [2.05, 4.69) is 31.2 Å². The summed E-state index contributed by atoms with van der Waals surface area (Å²) in [7, 11) is 1.67. The number of ether oxygens (including phenoxy) is 3. The lowest BCUT2D eigenvalue weighted by atomic mass is 10.0. The molecule has 0 aromatic heterocycles. The molecule has 1 atom stereocenters. The van der Waals surface area contributed by atoms with E-state index in [1.54, 1.807) is 7.11 Å². The molecule has 0 fully saturated rings. The summed E-state index contributed by atoms with van der Waals surface area (Å²) in [5.74, 6) is 0.645. The Morgan fingerprint density at radius 1 is 0.667 bits per heavy atom. The number of hydrogen-bond acceptors (Lipinski definition) is 4. The summed E-state index contributed by atoms with van der Waals surface area (Å²) in [5, 5.41) is 0. The van der Waals surface area contributed by atoms with Gasteiger partial charge >= 0.3 is 5.97 Å². The third-order valence-electron chi connectivity index (χ3n) is 7.79. The Kier molecular flexibility index (Phi) is 26.2. The first-order chi connectivity index (χ1) is 20.7. The highest BCUT2D eigenvalue weighted by molar-refractivity contribution is 5.66. The maximum atomic E-state index is 11.5. The van der Waals surface area contributed by atoms with Crippen LogP contribution in [0.15, 0.2) is 48.6 Å². The highest BCUT2D eigenvalue weighted by Gasteiger charge is 2.12. The Morgan fingerprint density at radius 3 is 1.62 bits per heavy atom. The largest absolute Gasteiger partial charge is 0.497 e. The number of hydrogen-bond donors (Lipinski definition) is 0. The number of benzene rings is 1. The van der Waals surface area contributed by atoms with Gasteiger partial charge in [0.25, 0.3) is 0 Å². The molecule has 0 heterocycles. The zero-order chi connectivity index (χ0) is 30.4. The second-order valence-corrected chi connectivity index (χ2v) is 11.8. The second-order valence-electron chi connectivity index (χ2n) is 11.8. The van der Waals surface area contributed by atoms with E-state index in [-0.39, 0.29) is 12.1 Å². The molecule has 0 N–H and O–H groups in total. The van der Waals surface area contributed by atoms with Gasteiger partial charge in [-0.3, -0.25) is 4.79 Å². The SMILES string of the molecule is CCCCCCCC/C=C\CCCCCC/C=C\CCCCCCC[C@@H](CCOCc1ccc(OC)cc1)OC(C)=O. The predicted molar refractivity (Wildman–Crippen MR) is 179 cm³/mol. The Labute approximate surface area is 259 Å². The van der Waals surface area contributed by atoms with Crippen LogP contribution in [0.5, 0.6) is 5.75 Å². The number of carbonyl (C=O) groups excluding carboxylic acids is 1. The van der Waals surface area contributed by atoms with E-state index in [9.17, 15) is 4.79 Å². The molecule has 1 aromatic carbocycles. The summed E-state index contributed by atoms with van der Waals surface area (Å²) >= 11 is 0. The van der Waals surface area contributed by atoms with Crippen molar-refractivity contribution in [1.29, 1.82) is 0 Å². The molecule has 1 aromatic rings. The van der Waals surface area contributed by atoms with Gasteiger partial charge in [0.05, 0.1) is 20.3 Å². The summed E-state index contributed by atoms with van der Waals surface area (Å²) in [6, 6.07) is 7.90. The van der Waals surface area contributed by atoms with Crippen LogP contribution in [0.4, 0.5) is 0 Å². The standard InChI is InChI=1S/C38H64O4/c1-4-5-6-7-8-9-10-11-12-13-14-15-16-17-18-19-20-21-22-23-24-25-26-27-38(42-35(2)39)32-33-41-34-36-28-30-37(40-3)31-29-36/h11-12,19-20,28-31,38H,4-10,13-18,21-27,32-34H2,1-3H3/b12-11-,20-19-/t38-/m0/s1. The summed E-state index contributed by atoms with van der Waals surface area (Å²) in [5.41, 5.74) is 1.11. The number of allylic oxidation sites excluding steroid dienone is 4. The maximum absolute atomic E-state index is 11.5. The van der Waals surface area contributed by atoms with Crippen molar-refractivity contribution in [1.82, 2.24) is 0 Å². The highest BCUT2D eigenvalue weighted by Crippen LogP contribution is 2.16. The molecule has 1 rings (SSSR count). The van der Waals surface area contributed by atoms with Crippen molar-refractivity contribution in [2.75, 3.05) is 13.7 Å². The predicted octanol–water partition coefficient (Wildman–Crippen LogP) is 11.5. The van der Waals surface area contributed by atoms with Crippen molar-refractivity contribution in [3.8, 4) is 5.75 Å². The lowest BCUT2D eigenvalue weighted by molar-refractivity contribution is -0.147. The summed E-state index contributed by atoms with van der Waals surface area (Å²) in [4.78, 5) is 11.5. The van der Waals surface area contributed by atoms with Crippen molar-refractivity contribution in [2.45, 2.75) is 161 Å². The van der Waals surface area contributed by atoms with Gasteiger partial charge in [-0.05, 0) is 81.9 Å². The Bertz CT molecular complexity index is 783. The Morgan fingerprint density at radius 2 is 1.14 bits per heavy atom. The molecule has 42 heavy (non-hydrogen) atoms. The van der Waals surface area contributed by atoms with E-state index in [4.69, 9.17) is 14.2 Å². The van der Waals surface area contributed by atoms with Gasteiger partial charge in [0.1, 0.15) is 11.9 Å². The topological polar surface area (TPSA) is 44.8 Å². The fraction of sp³-hybridized carbons (Fsp3) is 0.711. The summed E-state index contributed by atoms with van der Waals surface area (Å²) in [6.07, 6.45) is 36.0. The van der Waals surface area contributed by atoms with Gasteiger partial charge in [0, 0.05) is 13.3 Å². The average molecular weight is 585 g/mol. The van der Waals surface area contributed by atoms with Crippen LogP contribution in [0.1, 0.15) is 154 Å². The molecule has 0 saturated heterocycles. The lowest BCUT2D eigenvalue weighted by Crippen LogP contribution is -2.18. The molecule has 0 bridgehead atoms. The molecule has 0 amide bonds. The molecule has 0 radical (unpaired) electrons. The zero-order valence-corrected chi connectivity index (χ0v) is 27.6. The van der Waals surface area contributed by atoms with Crippen molar-refractivity contribution in [3.05, 3.63) is 54.1 Å². The second kappa shape index (κ2) is 29.0. The van der Waals surface area contributed by atoms with E-state index in [1.807, 2.05) is 24.3 Å². The lowest BCUT2D eigenvalue weighted by Gasteiger charge is -2.17. The minimum absolute atomic E-state index is 0.0485. The van der Waals surface area contributed by atoms with Gasteiger partial charge < -0.3 is 14.2 Å². The number of carbonyl (C=O) groups is 1. The third-order valence-corrected chi connectivity index (χ3v) is 7.79. The van der Waals surface area contributed by atoms with Crippen LogP contribution in [-0.2, 0) is 20.9 Å². The van der Waals surface area contributed by atoms with Crippen LogP contribution < -0.4 is 4.74 Å². The van der Waals surface area contributed by atoms with E-state index < -0.39 is 0 Å².